The second-order valence-electron chi connectivity index (χ2n) is 5.80. The van der Waals surface area contributed by atoms with Gasteiger partial charge in [-0.3, -0.25) is 0 Å². The van der Waals surface area contributed by atoms with Crippen LogP contribution in [-0.4, -0.2) is 5.11 Å². The molecule has 1 atom stereocenters. The predicted octanol–water partition coefficient (Wildman–Crippen LogP) is 3.57. The fourth-order valence-electron chi connectivity index (χ4n) is 3.08. The average Bonchev–Trinajstić information content (AvgIpc) is 3.02. The Bertz CT molecular complexity index is 668. The van der Waals surface area contributed by atoms with E-state index in [-0.39, 0.29) is 0 Å². The third kappa shape index (κ3) is 1.80. The topological polar surface area (TPSA) is 44.0 Å². The molecule has 102 valence electrons. The number of aryl methyl sites for hydroxylation is 1. The highest BCUT2D eigenvalue weighted by atomic mass is 32.1. The summed E-state index contributed by atoms with van der Waals surface area (Å²) in [6.07, 6.45) is 1.23. The van der Waals surface area contributed by atoms with E-state index in [1.165, 1.54) is 11.1 Å². The van der Waals surface area contributed by atoms with Crippen LogP contribution < -0.4 is 0 Å². The molecule has 1 aliphatic carbocycles. The Morgan fingerprint density at radius 3 is 2.25 bits per heavy atom. The Hall–Kier alpha value is -1.63. The van der Waals surface area contributed by atoms with Crippen molar-refractivity contribution < 1.29 is 5.11 Å². The van der Waals surface area contributed by atoms with Gasteiger partial charge < -0.3 is 5.11 Å². The van der Waals surface area contributed by atoms with Crippen LogP contribution in [0.15, 0.2) is 36.4 Å². The summed E-state index contributed by atoms with van der Waals surface area (Å²) in [4.78, 5) is 2.04. The van der Waals surface area contributed by atoms with Gasteiger partial charge in [-0.15, -0.1) is 11.3 Å². The summed E-state index contributed by atoms with van der Waals surface area (Å²) >= 11 is 1.57. The first kappa shape index (κ1) is 13.4. The van der Waals surface area contributed by atoms with Gasteiger partial charge in [0.25, 0.3) is 0 Å². The third-order valence-electron chi connectivity index (χ3n) is 4.47. The molecular formula is C17H17NOS. The van der Waals surface area contributed by atoms with Crippen molar-refractivity contribution in [2.75, 3.05) is 0 Å². The molecule has 1 aromatic heterocycles. The van der Waals surface area contributed by atoms with E-state index in [1.54, 1.807) is 18.3 Å². The first-order valence-electron chi connectivity index (χ1n) is 6.76. The molecule has 0 fully saturated rings. The summed E-state index contributed by atoms with van der Waals surface area (Å²) in [7, 11) is 0. The summed E-state index contributed by atoms with van der Waals surface area (Å²) in [5, 5.41) is 20.9. The van der Waals surface area contributed by atoms with E-state index >= 15 is 0 Å². The SMILES string of the molecule is Cc1ccc(C(C)(O)C2(C#N)Cc3ccccc3C2)s1. The highest BCUT2D eigenvalue weighted by Gasteiger charge is 2.52. The molecule has 1 aliphatic rings. The number of hydrogen-bond acceptors (Lipinski definition) is 3. The van der Waals surface area contributed by atoms with Gasteiger partial charge in [0.1, 0.15) is 5.60 Å². The molecule has 20 heavy (non-hydrogen) atoms. The molecular weight excluding hydrogens is 266 g/mol. The first-order chi connectivity index (χ1) is 9.48. The molecule has 2 nitrogen and oxygen atoms in total. The molecule has 1 heterocycles. The van der Waals surface area contributed by atoms with Crippen molar-refractivity contribution in [2.45, 2.75) is 32.3 Å². The molecule has 0 spiro atoms. The molecule has 1 unspecified atom stereocenters. The Morgan fingerprint density at radius 2 is 1.80 bits per heavy atom. The van der Waals surface area contributed by atoms with E-state index < -0.39 is 11.0 Å². The standard InChI is InChI=1S/C17H17NOS/c1-12-7-8-15(20-12)16(2,19)17(11-18)9-13-5-3-4-6-14(13)10-17/h3-8,19H,9-10H2,1-2H3. The van der Waals surface area contributed by atoms with E-state index in [1.807, 2.05) is 31.2 Å². The van der Waals surface area contributed by atoms with Crippen molar-refractivity contribution in [3.63, 3.8) is 0 Å². The normalized spacial score (nSPS) is 19.1. The van der Waals surface area contributed by atoms with Crippen LogP contribution in [0.3, 0.4) is 0 Å². The zero-order valence-corrected chi connectivity index (χ0v) is 12.5. The monoisotopic (exact) mass is 283 g/mol. The third-order valence-corrected chi connectivity index (χ3v) is 5.68. The van der Waals surface area contributed by atoms with Crippen molar-refractivity contribution in [1.82, 2.24) is 0 Å². The fraction of sp³-hybridized carbons (Fsp3) is 0.353. The predicted molar refractivity (Wildman–Crippen MR) is 80.5 cm³/mol. The number of thiophene rings is 1. The largest absolute Gasteiger partial charge is 0.383 e. The van der Waals surface area contributed by atoms with E-state index in [0.29, 0.717) is 12.8 Å². The second-order valence-corrected chi connectivity index (χ2v) is 7.09. The number of hydrogen-bond donors (Lipinski definition) is 1. The minimum absolute atomic E-state index is 0.615. The summed E-state index contributed by atoms with van der Waals surface area (Å²) in [6.45, 7) is 3.81. The molecule has 0 bridgehead atoms. The minimum atomic E-state index is -1.13. The van der Waals surface area contributed by atoms with Crippen LogP contribution in [0.4, 0.5) is 0 Å². The maximum absolute atomic E-state index is 11.1. The van der Waals surface area contributed by atoms with Gasteiger partial charge in [-0.25, -0.2) is 0 Å². The van der Waals surface area contributed by atoms with Crippen LogP contribution in [0.2, 0.25) is 0 Å². The molecule has 0 saturated carbocycles. The number of fused-ring (bicyclic) bond motifs is 1. The maximum atomic E-state index is 11.1. The second kappa shape index (κ2) is 4.44. The van der Waals surface area contributed by atoms with E-state index in [0.717, 1.165) is 9.75 Å². The van der Waals surface area contributed by atoms with E-state index in [2.05, 4.69) is 18.2 Å². The number of nitriles is 1. The highest BCUT2D eigenvalue weighted by Crippen LogP contribution is 2.50. The van der Waals surface area contributed by atoms with Gasteiger partial charge in [-0.2, -0.15) is 5.26 Å². The van der Waals surface area contributed by atoms with Gasteiger partial charge in [0.05, 0.1) is 11.5 Å². The Labute approximate surface area is 123 Å². The quantitative estimate of drug-likeness (QED) is 0.915. The molecule has 0 radical (unpaired) electrons. The van der Waals surface area contributed by atoms with Crippen LogP contribution in [0.25, 0.3) is 0 Å². The lowest BCUT2D eigenvalue weighted by Crippen LogP contribution is -2.43. The Morgan fingerprint density at radius 1 is 1.20 bits per heavy atom. The first-order valence-corrected chi connectivity index (χ1v) is 7.57. The van der Waals surface area contributed by atoms with Crippen molar-refractivity contribution >= 4 is 11.3 Å². The van der Waals surface area contributed by atoms with Gasteiger partial charge in [0.15, 0.2) is 0 Å². The number of rotatable bonds is 2. The van der Waals surface area contributed by atoms with Crippen LogP contribution in [-0.2, 0) is 18.4 Å². The Kier molecular flexibility index (Phi) is 2.97. The molecule has 2 aromatic rings. The molecule has 3 heteroatoms. The van der Waals surface area contributed by atoms with E-state index in [9.17, 15) is 10.4 Å². The summed E-state index contributed by atoms with van der Waals surface area (Å²) in [5.41, 5.74) is 0.471. The number of benzene rings is 1. The summed E-state index contributed by atoms with van der Waals surface area (Å²) in [6, 6.07) is 14.5. The number of aliphatic hydroxyl groups is 1. The van der Waals surface area contributed by atoms with Crippen molar-refractivity contribution in [3.8, 4) is 6.07 Å². The van der Waals surface area contributed by atoms with Gasteiger partial charge in [0, 0.05) is 9.75 Å². The molecule has 1 aromatic carbocycles. The minimum Gasteiger partial charge on any atom is -0.383 e. The lowest BCUT2D eigenvalue weighted by Gasteiger charge is -2.36. The lowest BCUT2D eigenvalue weighted by molar-refractivity contribution is -0.0373. The van der Waals surface area contributed by atoms with Crippen LogP contribution in [0, 0.1) is 23.7 Å². The Balaban J connectivity index is 2.06. The van der Waals surface area contributed by atoms with Gasteiger partial charge in [-0.1, -0.05) is 24.3 Å². The molecule has 1 N–H and O–H groups in total. The zero-order chi connectivity index (χ0) is 14.4. The van der Waals surface area contributed by atoms with Crippen LogP contribution >= 0.6 is 11.3 Å². The smallest absolute Gasteiger partial charge is 0.115 e. The fourth-order valence-corrected chi connectivity index (χ4v) is 4.09. The van der Waals surface area contributed by atoms with Gasteiger partial charge >= 0.3 is 0 Å². The van der Waals surface area contributed by atoms with Crippen molar-refractivity contribution in [3.05, 3.63) is 57.3 Å². The molecule has 0 amide bonds. The molecule has 3 rings (SSSR count). The summed E-state index contributed by atoms with van der Waals surface area (Å²) < 4.78 is 0. The van der Waals surface area contributed by atoms with Gasteiger partial charge in [-0.05, 0) is 49.9 Å². The van der Waals surface area contributed by atoms with E-state index in [4.69, 9.17) is 0 Å². The highest BCUT2D eigenvalue weighted by molar-refractivity contribution is 7.12. The van der Waals surface area contributed by atoms with Crippen molar-refractivity contribution in [1.29, 1.82) is 5.26 Å². The zero-order valence-electron chi connectivity index (χ0n) is 11.7. The molecule has 0 aliphatic heterocycles. The van der Waals surface area contributed by atoms with Gasteiger partial charge in [0.2, 0.25) is 0 Å². The number of nitrogens with zero attached hydrogens (tertiary/aromatic N) is 1. The summed E-state index contributed by atoms with van der Waals surface area (Å²) in [5.74, 6) is 0. The van der Waals surface area contributed by atoms with Crippen LogP contribution in [0.1, 0.15) is 27.8 Å². The average molecular weight is 283 g/mol. The van der Waals surface area contributed by atoms with Crippen LogP contribution in [0.5, 0.6) is 0 Å². The lowest BCUT2D eigenvalue weighted by atomic mass is 9.71. The molecule has 0 saturated heterocycles. The maximum Gasteiger partial charge on any atom is 0.115 e. The van der Waals surface area contributed by atoms with Crippen molar-refractivity contribution in [2.24, 2.45) is 5.41 Å².